The number of Topliss-reactive ketones (excluding diaryl/α,β-unsaturated/α-hetero) is 1. The van der Waals surface area contributed by atoms with E-state index in [9.17, 15) is 4.79 Å². The van der Waals surface area contributed by atoms with Gasteiger partial charge in [0.2, 0.25) is 0 Å². The van der Waals surface area contributed by atoms with Gasteiger partial charge in [0.15, 0.2) is 5.78 Å². The Balaban J connectivity index is 1.33. The summed E-state index contributed by atoms with van der Waals surface area (Å²) in [6.07, 6.45) is 8.66. The zero-order valence-corrected chi connectivity index (χ0v) is 21.7. The molecule has 3 saturated carbocycles. The first-order valence-electron chi connectivity index (χ1n) is 14.3. The van der Waals surface area contributed by atoms with Crippen molar-refractivity contribution in [3.63, 3.8) is 0 Å². The lowest BCUT2D eigenvalue weighted by Gasteiger charge is -2.48. The van der Waals surface area contributed by atoms with Crippen molar-refractivity contribution in [3.05, 3.63) is 64.7 Å². The fraction of sp³-hybridized carbons (Fsp3) is 0.562. The molecule has 5 aliphatic rings. The van der Waals surface area contributed by atoms with Gasteiger partial charge in [0.1, 0.15) is 5.84 Å². The number of benzene rings is 2. The standard InChI is InChI=1S/C32H39N3O/c1-3-25-30(36)29(22-10-8-21(9-11-22)20-6-7-20)32(2,34-31(25)33)24-13-15-27-26-14-12-23(26)18-35(28(27)16-24)17-19-4-5-19/h8-11,13,15-16,19-20,23,25-26,29H,3-7,12,14,17-18H2,1-2H3,(H2,33,34)/t23-,25?,26?,29-,32+/m0/s1. The monoisotopic (exact) mass is 481 g/mol. The van der Waals surface area contributed by atoms with Crippen LogP contribution in [-0.2, 0) is 10.3 Å². The summed E-state index contributed by atoms with van der Waals surface area (Å²) in [5, 5.41) is 0. The summed E-state index contributed by atoms with van der Waals surface area (Å²) in [5.74, 6) is 3.17. The Labute approximate surface area is 215 Å². The van der Waals surface area contributed by atoms with Gasteiger partial charge in [-0.1, -0.05) is 43.3 Å². The zero-order chi connectivity index (χ0) is 24.6. The van der Waals surface area contributed by atoms with E-state index in [0.717, 1.165) is 23.0 Å². The van der Waals surface area contributed by atoms with E-state index in [2.05, 4.69) is 54.3 Å². The first-order chi connectivity index (χ1) is 17.5. The van der Waals surface area contributed by atoms with E-state index in [0.29, 0.717) is 24.1 Å². The normalized spacial score (nSPS) is 33.4. The Morgan fingerprint density at radius 2 is 1.75 bits per heavy atom. The SMILES string of the molecule is CCC1C(=O)[C@H](c2ccc(C3CC3)cc2)[C@@](C)(c2ccc3c(c2)N(CC2CC2)C[C@@H]2CCC32)N=C1N. The molecule has 4 nitrogen and oxygen atoms in total. The maximum atomic E-state index is 14.0. The molecule has 5 atom stereocenters. The molecule has 0 aromatic heterocycles. The maximum Gasteiger partial charge on any atom is 0.153 e. The third-order valence-corrected chi connectivity index (χ3v) is 10.0. The number of nitrogens with zero attached hydrogens (tertiary/aromatic N) is 2. The molecule has 7 rings (SSSR count). The molecular weight excluding hydrogens is 442 g/mol. The van der Waals surface area contributed by atoms with Gasteiger partial charge in [-0.2, -0.15) is 0 Å². The van der Waals surface area contributed by atoms with Crippen LogP contribution in [0.5, 0.6) is 0 Å². The van der Waals surface area contributed by atoms with E-state index < -0.39 is 5.54 Å². The fourth-order valence-corrected chi connectivity index (χ4v) is 7.35. The van der Waals surface area contributed by atoms with Crippen molar-refractivity contribution < 1.29 is 4.79 Å². The molecule has 188 valence electrons. The Hall–Kier alpha value is -2.62. The summed E-state index contributed by atoms with van der Waals surface area (Å²) in [6, 6.07) is 15.9. The largest absolute Gasteiger partial charge is 0.387 e. The quantitative estimate of drug-likeness (QED) is 0.530. The number of rotatable bonds is 6. The molecule has 2 heterocycles. The van der Waals surface area contributed by atoms with Gasteiger partial charge < -0.3 is 10.6 Å². The number of hydrogen-bond donors (Lipinski definition) is 1. The van der Waals surface area contributed by atoms with Gasteiger partial charge in [-0.15, -0.1) is 0 Å². The maximum absolute atomic E-state index is 14.0. The molecule has 3 aliphatic carbocycles. The number of ketones is 1. The average Bonchev–Trinajstić information content (AvgIpc) is 3.76. The summed E-state index contributed by atoms with van der Waals surface area (Å²) in [6.45, 7) is 6.54. The second-order valence-electron chi connectivity index (χ2n) is 12.5. The number of fused-ring (bicyclic) bond motifs is 3. The van der Waals surface area contributed by atoms with E-state index in [4.69, 9.17) is 10.7 Å². The van der Waals surface area contributed by atoms with Gasteiger partial charge in [0.25, 0.3) is 0 Å². The summed E-state index contributed by atoms with van der Waals surface area (Å²) >= 11 is 0. The lowest BCUT2D eigenvalue weighted by atomic mass is 9.65. The number of carbonyl (C=O) groups is 1. The average molecular weight is 482 g/mol. The van der Waals surface area contributed by atoms with Crippen molar-refractivity contribution >= 4 is 17.3 Å². The molecule has 0 radical (unpaired) electrons. The minimum absolute atomic E-state index is 0.221. The van der Waals surface area contributed by atoms with Crippen molar-refractivity contribution in [3.8, 4) is 0 Å². The number of nitrogens with two attached hydrogens (primary N) is 1. The van der Waals surface area contributed by atoms with Crippen molar-refractivity contribution in [2.45, 2.75) is 82.1 Å². The second kappa shape index (κ2) is 8.19. The predicted octanol–water partition coefficient (Wildman–Crippen LogP) is 6.25. The lowest BCUT2D eigenvalue weighted by Crippen LogP contribution is -2.48. The molecule has 0 bridgehead atoms. The highest BCUT2D eigenvalue weighted by atomic mass is 16.1. The smallest absolute Gasteiger partial charge is 0.153 e. The number of amidine groups is 1. The molecular formula is C32H39N3O. The van der Waals surface area contributed by atoms with Crippen LogP contribution in [0.25, 0.3) is 0 Å². The van der Waals surface area contributed by atoms with Gasteiger partial charge in [0.05, 0.1) is 17.4 Å². The van der Waals surface area contributed by atoms with Crippen LogP contribution < -0.4 is 10.6 Å². The van der Waals surface area contributed by atoms with Crippen molar-refractivity contribution in [2.75, 3.05) is 18.0 Å². The molecule has 2 unspecified atom stereocenters. The third-order valence-electron chi connectivity index (χ3n) is 10.0. The van der Waals surface area contributed by atoms with Gasteiger partial charge >= 0.3 is 0 Å². The first-order valence-corrected chi connectivity index (χ1v) is 14.3. The second-order valence-corrected chi connectivity index (χ2v) is 12.5. The first kappa shape index (κ1) is 22.6. The van der Waals surface area contributed by atoms with Gasteiger partial charge in [0, 0.05) is 18.8 Å². The van der Waals surface area contributed by atoms with Crippen molar-refractivity contribution in [2.24, 2.45) is 28.5 Å². The molecule has 2 N–H and O–H groups in total. The highest BCUT2D eigenvalue weighted by Crippen LogP contribution is 2.53. The Kier molecular flexibility index (Phi) is 5.14. The van der Waals surface area contributed by atoms with Gasteiger partial charge in [-0.25, -0.2) is 0 Å². The third kappa shape index (κ3) is 3.55. The van der Waals surface area contributed by atoms with E-state index in [1.807, 2.05) is 6.92 Å². The minimum atomic E-state index is -0.704. The van der Waals surface area contributed by atoms with Crippen LogP contribution in [0.4, 0.5) is 5.69 Å². The van der Waals surface area contributed by atoms with Crippen LogP contribution >= 0.6 is 0 Å². The molecule has 36 heavy (non-hydrogen) atoms. The fourth-order valence-electron chi connectivity index (χ4n) is 7.35. The number of aliphatic imine (C=N–C) groups is 1. The number of hydrogen-bond acceptors (Lipinski definition) is 4. The van der Waals surface area contributed by atoms with E-state index in [1.165, 1.54) is 68.4 Å². The van der Waals surface area contributed by atoms with E-state index in [-0.39, 0.29) is 17.6 Å². The van der Waals surface area contributed by atoms with E-state index >= 15 is 0 Å². The summed E-state index contributed by atoms with van der Waals surface area (Å²) in [4.78, 5) is 21.9. The Bertz CT molecular complexity index is 1220. The molecule has 0 amide bonds. The minimum Gasteiger partial charge on any atom is -0.387 e. The van der Waals surface area contributed by atoms with Gasteiger partial charge in [-0.05, 0) is 104 Å². The molecule has 4 heteroatoms. The molecule has 2 aromatic rings. The summed E-state index contributed by atoms with van der Waals surface area (Å²) < 4.78 is 0. The van der Waals surface area contributed by atoms with Crippen molar-refractivity contribution in [1.29, 1.82) is 0 Å². The Morgan fingerprint density at radius 1 is 1.00 bits per heavy atom. The highest BCUT2D eigenvalue weighted by molar-refractivity contribution is 6.09. The molecule has 0 spiro atoms. The lowest BCUT2D eigenvalue weighted by molar-refractivity contribution is -0.124. The topological polar surface area (TPSA) is 58.7 Å². The molecule has 3 fully saturated rings. The summed E-state index contributed by atoms with van der Waals surface area (Å²) in [7, 11) is 0. The number of anilines is 1. The molecule has 2 aromatic carbocycles. The summed E-state index contributed by atoms with van der Waals surface area (Å²) in [5.41, 5.74) is 12.3. The van der Waals surface area contributed by atoms with Crippen LogP contribution in [0.2, 0.25) is 0 Å². The number of carbonyl (C=O) groups excluding carboxylic acids is 1. The van der Waals surface area contributed by atoms with Crippen LogP contribution in [0, 0.1) is 17.8 Å². The molecule has 2 aliphatic heterocycles. The van der Waals surface area contributed by atoms with Crippen LogP contribution in [0.1, 0.15) is 98.8 Å². The van der Waals surface area contributed by atoms with Crippen LogP contribution in [0.15, 0.2) is 47.5 Å². The zero-order valence-electron chi connectivity index (χ0n) is 21.7. The van der Waals surface area contributed by atoms with Crippen molar-refractivity contribution in [1.82, 2.24) is 0 Å². The van der Waals surface area contributed by atoms with Gasteiger partial charge in [-0.3, -0.25) is 9.79 Å². The van der Waals surface area contributed by atoms with Crippen LogP contribution in [0.3, 0.4) is 0 Å². The molecule has 0 saturated heterocycles. The Morgan fingerprint density at radius 3 is 2.39 bits per heavy atom. The van der Waals surface area contributed by atoms with Crippen LogP contribution in [-0.4, -0.2) is 24.7 Å². The van der Waals surface area contributed by atoms with E-state index in [1.54, 1.807) is 0 Å². The highest BCUT2D eigenvalue weighted by Gasteiger charge is 2.49. The predicted molar refractivity (Wildman–Crippen MR) is 146 cm³/mol.